The zero-order chi connectivity index (χ0) is 17.8. The Morgan fingerprint density at radius 2 is 1.78 bits per heavy atom. The zero-order valence-corrected chi connectivity index (χ0v) is 18.2. The van der Waals surface area contributed by atoms with Crippen molar-refractivity contribution in [3.8, 4) is 0 Å². The molecule has 23 heavy (non-hydrogen) atoms. The lowest BCUT2D eigenvalue weighted by molar-refractivity contribution is -0.141. The fraction of sp³-hybridized carbons (Fsp3) is 0.833. The fourth-order valence-corrected chi connectivity index (χ4v) is 6.27. The molecule has 3 nitrogen and oxygen atoms in total. The lowest BCUT2D eigenvalue weighted by atomic mass is 9.92. The Bertz CT molecular complexity index is 499. The summed E-state index contributed by atoms with van der Waals surface area (Å²) in [6.07, 6.45) is 1.58. The third-order valence-corrected chi connectivity index (χ3v) is 12.9. The van der Waals surface area contributed by atoms with E-state index in [0.29, 0.717) is 6.42 Å². The van der Waals surface area contributed by atoms with E-state index in [2.05, 4.69) is 60.1 Å². The SMILES string of the molecule is C=C([C@@H]1[C@H]2CC(=O)O[C@H]2C[C@H]1O[Si](C)(C)C(C)(C)C)[Si](C)(C)C. The van der Waals surface area contributed by atoms with Crippen molar-refractivity contribution >= 4 is 22.4 Å². The molecule has 1 aliphatic carbocycles. The smallest absolute Gasteiger partial charge is 0.306 e. The lowest BCUT2D eigenvalue weighted by Crippen LogP contribution is -2.46. The normalized spacial score (nSPS) is 31.9. The first kappa shape index (κ1) is 18.9. The van der Waals surface area contributed by atoms with E-state index in [1.54, 1.807) is 0 Å². The number of carbonyl (C=O) groups excluding carboxylic acids is 1. The summed E-state index contributed by atoms with van der Waals surface area (Å²) in [5.74, 6) is 0.517. The van der Waals surface area contributed by atoms with Crippen LogP contribution in [0.3, 0.4) is 0 Å². The molecule has 0 spiro atoms. The van der Waals surface area contributed by atoms with Gasteiger partial charge in [0.1, 0.15) is 6.10 Å². The van der Waals surface area contributed by atoms with Crippen LogP contribution in [0.4, 0.5) is 0 Å². The highest BCUT2D eigenvalue weighted by Gasteiger charge is 2.54. The van der Waals surface area contributed by atoms with E-state index in [1.807, 2.05) is 0 Å². The Morgan fingerprint density at radius 1 is 1.22 bits per heavy atom. The summed E-state index contributed by atoms with van der Waals surface area (Å²) in [6, 6.07) is 0. The summed E-state index contributed by atoms with van der Waals surface area (Å²) in [5, 5.41) is 1.53. The van der Waals surface area contributed by atoms with Gasteiger partial charge >= 0.3 is 5.97 Å². The van der Waals surface area contributed by atoms with E-state index < -0.39 is 16.4 Å². The second-order valence-electron chi connectivity index (χ2n) is 9.85. The molecule has 5 heteroatoms. The minimum Gasteiger partial charge on any atom is -0.462 e. The molecule has 2 fully saturated rings. The van der Waals surface area contributed by atoms with Crippen molar-refractivity contribution in [2.75, 3.05) is 0 Å². The summed E-state index contributed by atoms with van der Waals surface area (Å²) >= 11 is 0. The molecular formula is C18H34O3Si2. The van der Waals surface area contributed by atoms with Crippen molar-refractivity contribution in [1.82, 2.24) is 0 Å². The van der Waals surface area contributed by atoms with E-state index in [4.69, 9.17) is 9.16 Å². The fourth-order valence-electron chi connectivity index (χ4n) is 3.52. The van der Waals surface area contributed by atoms with Crippen LogP contribution in [0.15, 0.2) is 11.8 Å². The van der Waals surface area contributed by atoms with Crippen LogP contribution in [0, 0.1) is 11.8 Å². The quantitative estimate of drug-likeness (QED) is 0.539. The molecule has 0 aromatic heterocycles. The molecule has 0 amide bonds. The summed E-state index contributed by atoms with van der Waals surface area (Å²) in [7, 11) is -3.34. The molecule has 2 aliphatic rings. The van der Waals surface area contributed by atoms with Gasteiger partial charge in [0, 0.05) is 18.3 Å². The maximum atomic E-state index is 11.8. The molecule has 1 saturated carbocycles. The Balaban J connectivity index is 2.28. The molecule has 0 unspecified atom stereocenters. The largest absolute Gasteiger partial charge is 0.462 e. The Kier molecular flexibility index (Phi) is 4.81. The molecule has 0 bridgehead atoms. The van der Waals surface area contributed by atoms with Crippen LogP contribution in [-0.2, 0) is 14.0 Å². The first-order valence-electron chi connectivity index (χ1n) is 8.80. The monoisotopic (exact) mass is 354 g/mol. The number of fused-ring (bicyclic) bond motifs is 1. The molecule has 0 aromatic carbocycles. The molecule has 1 saturated heterocycles. The van der Waals surface area contributed by atoms with Crippen molar-refractivity contribution < 1.29 is 14.0 Å². The summed E-state index contributed by atoms with van der Waals surface area (Å²) in [5.41, 5.74) is 0. The molecular weight excluding hydrogens is 320 g/mol. The average Bonchev–Trinajstić information content (AvgIpc) is 2.80. The van der Waals surface area contributed by atoms with Gasteiger partial charge < -0.3 is 9.16 Å². The van der Waals surface area contributed by atoms with Crippen LogP contribution in [0.25, 0.3) is 0 Å². The molecule has 132 valence electrons. The van der Waals surface area contributed by atoms with Crippen molar-refractivity contribution in [2.24, 2.45) is 11.8 Å². The summed E-state index contributed by atoms with van der Waals surface area (Å²) in [4.78, 5) is 11.8. The van der Waals surface area contributed by atoms with Crippen LogP contribution in [0.1, 0.15) is 33.6 Å². The molecule has 1 aliphatic heterocycles. The molecule has 0 N–H and O–H groups in total. The second-order valence-corrected chi connectivity index (χ2v) is 19.7. The molecule has 0 aromatic rings. The zero-order valence-electron chi connectivity index (χ0n) is 16.2. The van der Waals surface area contributed by atoms with Gasteiger partial charge in [0.15, 0.2) is 8.32 Å². The van der Waals surface area contributed by atoms with Crippen LogP contribution in [0.2, 0.25) is 37.8 Å². The number of hydrogen-bond acceptors (Lipinski definition) is 3. The van der Waals surface area contributed by atoms with Crippen LogP contribution in [-0.4, -0.2) is 34.6 Å². The van der Waals surface area contributed by atoms with Gasteiger partial charge in [0.25, 0.3) is 0 Å². The lowest BCUT2D eigenvalue weighted by Gasteiger charge is -2.41. The summed E-state index contributed by atoms with van der Waals surface area (Å²) < 4.78 is 12.4. The number of rotatable bonds is 4. The van der Waals surface area contributed by atoms with Gasteiger partial charge in [-0.25, -0.2) is 0 Å². The van der Waals surface area contributed by atoms with Gasteiger partial charge in [0.2, 0.25) is 0 Å². The topological polar surface area (TPSA) is 35.5 Å². The third kappa shape index (κ3) is 3.66. The molecule has 1 heterocycles. The maximum absolute atomic E-state index is 11.8. The van der Waals surface area contributed by atoms with Gasteiger partial charge in [-0.05, 0) is 18.1 Å². The van der Waals surface area contributed by atoms with Crippen LogP contribution < -0.4 is 0 Å². The minimum atomic E-state index is -1.85. The van der Waals surface area contributed by atoms with Crippen molar-refractivity contribution in [2.45, 2.75) is 83.6 Å². The Labute approximate surface area is 144 Å². The van der Waals surface area contributed by atoms with Gasteiger partial charge in [-0.3, -0.25) is 4.79 Å². The van der Waals surface area contributed by atoms with Gasteiger partial charge in [-0.1, -0.05) is 45.6 Å². The molecule has 2 rings (SSSR count). The standard InChI is InChI=1S/C18H34O3Si2/c1-12(22(5,6)7)17-13-10-16(19)20-14(13)11-15(17)21-23(8,9)18(2,3)4/h13-15,17H,1,10-11H2,2-9H3/t13-,14-,15+,17+/m0/s1. The third-order valence-electron chi connectivity index (χ3n) is 6.11. The number of carbonyl (C=O) groups is 1. The van der Waals surface area contributed by atoms with Gasteiger partial charge in [0.05, 0.1) is 20.6 Å². The molecule has 0 radical (unpaired) electrons. The van der Waals surface area contributed by atoms with E-state index in [0.717, 1.165) is 6.42 Å². The van der Waals surface area contributed by atoms with Crippen LogP contribution in [0.5, 0.6) is 0 Å². The van der Waals surface area contributed by atoms with E-state index >= 15 is 0 Å². The summed E-state index contributed by atoms with van der Waals surface area (Å²) in [6.45, 7) is 22.9. The van der Waals surface area contributed by atoms with Crippen molar-refractivity contribution in [3.63, 3.8) is 0 Å². The van der Waals surface area contributed by atoms with Crippen LogP contribution >= 0.6 is 0 Å². The number of ether oxygens (including phenoxy) is 1. The number of esters is 1. The van der Waals surface area contributed by atoms with E-state index in [1.165, 1.54) is 5.20 Å². The van der Waals surface area contributed by atoms with Gasteiger partial charge in [-0.15, -0.1) is 6.58 Å². The van der Waals surface area contributed by atoms with E-state index in [-0.39, 0.29) is 35.1 Å². The van der Waals surface area contributed by atoms with E-state index in [9.17, 15) is 4.79 Å². The predicted molar refractivity (Wildman–Crippen MR) is 101 cm³/mol. The second kappa shape index (κ2) is 5.85. The first-order chi connectivity index (χ1) is 10.2. The van der Waals surface area contributed by atoms with Crippen molar-refractivity contribution in [3.05, 3.63) is 11.8 Å². The Hall–Kier alpha value is -0.396. The Morgan fingerprint density at radius 3 is 2.26 bits per heavy atom. The number of hydrogen-bond donors (Lipinski definition) is 0. The molecule has 4 atom stereocenters. The van der Waals surface area contributed by atoms with Crippen molar-refractivity contribution in [1.29, 1.82) is 0 Å². The first-order valence-corrected chi connectivity index (χ1v) is 15.2. The van der Waals surface area contributed by atoms with Gasteiger partial charge in [-0.2, -0.15) is 0 Å². The highest BCUT2D eigenvalue weighted by molar-refractivity contribution is 6.83. The highest BCUT2D eigenvalue weighted by atomic mass is 28.4. The average molecular weight is 355 g/mol. The predicted octanol–water partition coefficient (Wildman–Crippen LogP) is 4.76. The maximum Gasteiger partial charge on any atom is 0.306 e. The minimum absolute atomic E-state index is 0.0374. The highest BCUT2D eigenvalue weighted by Crippen LogP contribution is 2.50.